The Morgan fingerprint density at radius 3 is 1.65 bits per heavy atom. The van der Waals surface area contributed by atoms with Crippen LogP contribution in [0.5, 0.6) is 0 Å². The SMILES string of the molecule is CC1(C)c2ccccc2-c2ccc(N(c3ccc(-c4ccccc4)cc3)c3ccc(-c4cc5c6ccccc6n(-c6ccccc6)c5c5ccccc45)cc3)cc21. The van der Waals surface area contributed by atoms with Gasteiger partial charge in [0.1, 0.15) is 0 Å². The van der Waals surface area contributed by atoms with Crippen LogP contribution in [0.3, 0.4) is 0 Å². The Morgan fingerprint density at radius 2 is 0.912 bits per heavy atom. The fraction of sp³-hybridized carbons (Fsp3) is 0.0545. The summed E-state index contributed by atoms with van der Waals surface area (Å²) in [5.74, 6) is 0. The third-order valence-corrected chi connectivity index (χ3v) is 12.2. The van der Waals surface area contributed by atoms with Crippen molar-refractivity contribution in [3.63, 3.8) is 0 Å². The molecular formula is C55H40N2. The fourth-order valence-electron chi connectivity index (χ4n) is 9.41. The molecule has 1 aliphatic rings. The molecule has 1 aromatic heterocycles. The Kier molecular flexibility index (Phi) is 7.55. The predicted octanol–water partition coefficient (Wildman–Crippen LogP) is 15.0. The van der Waals surface area contributed by atoms with Crippen molar-refractivity contribution in [2.75, 3.05) is 4.90 Å². The minimum absolute atomic E-state index is 0.0992. The minimum Gasteiger partial charge on any atom is -0.310 e. The first-order valence-corrected chi connectivity index (χ1v) is 19.9. The van der Waals surface area contributed by atoms with Crippen LogP contribution in [0.1, 0.15) is 25.0 Å². The number of benzene rings is 9. The topological polar surface area (TPSA) is 8.17 Å². The summed E-state index contributed by atoms with van der Waals surface area (Å²) in [4.78, 5) is 2.41. The molecule has 0 aliphatic heterocycles. The van der Waals surface area contributed by atoms with E-state index in [1.807, 2.05) is 0 Å². The highest BCUT2D eigenvalue weighted by molar-refractivity contribution is 6.22. The number of rotatable bonds is 6. The lowest BCUT2D eigenvalue weighted by Gasteiger charge is -2.28. The lowest BCUT2D eigenvalue weighted by Crippen LogP contribution is -2.16. The van der Waals surface area contributed by atoms with Gasteiger partial charge in [0.05, 0.1) is 11.0 Å². The number of anilines is 3. The van der Waals surface area contributed by atoms with Crippen LogP contribution in [0.2, 0.25) is 0 Å². The van der Waals surface area contributed by atoms with Crippen LogP contribution in [-0.2, 0) is 5.41 Å². The molecule has 0 radical (unpaired) electrons. The molecule has 2 nitrogen and oxygen atoms in total. The van der Waals surface area contributed by atoms with Crippen LogP contribution >= 0.6 is 0 Å². The molecule has 0 fully saturated rings. The summed E-state index contributed by atoms with van der Waals surface area (Å²) in [6, 6.07) is 75.5. The monoisotopic (exact) mass is 728 g/mol. The second-order valence-corrected chi connectivity index (χ2v) is 15.7. The van der Waals surface area contributed by atoms with Crippen LogP contribution in [0.4, 0.5) is 17.1 Å². The molecule has 0 unspecified atom stereocenters. The molecule has 57 heavy (non-hydrogen) atoms. The highest BCUT2D eigenvalue weighted by atomic mass is 15.1. The first kappa shape index (κ1) is 33.2. The van der Waals surface area contributed by atoms with Crippen LogP contribution in [-0.4, -0.2) is 4.57 Å². The normalized spacial score (nSPS) is 12.9. The molecule has 0 spiro atoms. The molecule has 0 amide bonds. The molecule has 2 heteroatoms. The van der Waals surface area contributed by atoms with Crippen molar-refractivity contribution in [3.05, 3.63) is 217 Å². The van der Waals surface area contributed by atoms with E-state index in [1.165, 1.54) is 82.8 Å². The largest absolute Gasteiger partial charge is 0.310 e. The average Bonchev–Trinajstić information content (AvgIpc) is 3.73. The molecule has 0 atom stereocenters. The number of aromatic nitrogens is 1. The van der Waals surface area contributed by atoms with Gasteiger partial charge >= 0.3 is 0 Å². The van der Waals surface area contributed by atoms with Gasteiger partial charge in [-0.2, -0.15) is 0 Å². The van der Waals surface area contributed by atoms with Crippen molar-refractivity contribution < 1.29 is 0 Å². The summed E-state index contributed by atoms with van der Waals surface area (Å²) < 4.78 is 2.43. The third kappa shape index (κ3) is 5.25. The molecule has 1 heterocycles. The molecular weight excluding hydrogens is 689 g/mol. The Labute approximate surface area is 333 Å². The minimum atomic E-state index is -0.0992. The van der Waals surface area contributed by atoms with Crippen molar-refractivity contribution >= 4 is 49.6 Å². The second kappa shape index (κ2) is 13.0. The summed E-state index contributed by atoms with van der Waals surface area (Å²) >= 11 is 0. The maximum atomic E-state index is 2.43. The molecule has 270 valence electrons. The van der Waals surface area contributed by atoms with Crippen LogP contribution in [0.15, 0.2) is 206 Å². The van der Waals surface area contributed by atoms with Gasteiger partial charge in [0.25, 0.3) is 0 Å². The van der Waals surface area contributed by atoms with Crippen LogP contribution in [0, 0.1) is 0 Å². The first-order chi connectivity index (χ1) is 28.0. The first-order valence-electron chi connectivity index (χ1n) is 19.9. The van der Waals surface area contributed by atoms with E-state index >= 15 is 0 Å². The molecule has 0 saturated carbocycles. The summed E-state index contributed by atoms with van der Waals surface area (Å²) in [7, 11) is 0. The van der Waals surface area contributed by atoms with Crippen molar-refractivity contribution in [1.29, 1.82) is 0 Å². The van der Waals surface area contributed by atoms with E-state index in [-0.39, 0.29) is 5.41 Å². The fourth-order valence-corrected chi connectivity index (χ4v) is 9.41. The van der Waals surface area contributed by atoms with Crippen molar-refractivity contribution in [3.8, 4) is 39.1 Å². The van der Waals surface area contributed by atoms with Gasteiger partial charge in [-0.25, -0.2) is 0 Å². The Bertz CT molecular complexity index is 3120. The van der Waals surface area contributed by atoms with Crippen molar-refractivity contribution in [2.24, 2.45) is 0 Å². The zero-order valence-electron chi connectivity index (χ0n) is 32.0. The Hall–Kier alpha value is -7.16. The lowest BCUT2D eigenvalue weighted by atomic mass is 9.82. The highest BCUT2D eigenvalue weighted by Crippen LogP contribution is 2.51. The number of fused-ring (bicyclic) bond motifs is 8. The van der Waals surface area contributed by atoms with Gasteiger partial charge in [-0.1, -0.05) is 159 Å². The standard InChI is InChI=1S/C55H40N2/c1-55(2)51-23-13-11-20-45(51)46-34-33-43(35-52(46)55)56(41-29-25-38(26-30-41)37-15-5-3-6-16-37)42-31-27-39(28-32-42)49-36-50-47-21-12-14-24-53(47)57(40-17-7-4-8-18-40)54(50)48-22-10-9-19-44(48)49/h3-36H,1-2H3. The summed E-state index contributed by atoms with van der Waals surface area (Å²) in [5.41, 5.74) is 17.2. The van der Waals surface area contributed by atoms with Gasteiger partial charge in [0.2, 0.25) is 0 Å². The smallest absolute Gasteiger partial charge is 0.0619 e. The highest BCUT2D eigenvalue weighted by Gasteiger charge is 2.35. The quantitative estimate of drug-likeness (QED) is 0.165. The van der Waals surface area contributed by atoms with E-state index in [1.54, 1.807) is 0 Å². The predicted molar refractivity (Wildman–Crippen MR) is 241 cm³/mol. The zero-order valence-corrected chi connectivity index (χ0v) is 32.0. The van der Waals surface area contributed by atoms with Crippen LogP contribution in [0.25, 0.3) is 71.6 Å². The van der Waals surface area contributed by atoms with Gasteiger partial charge in [-0.3, -0.25) is 0 Å². The van der Waals surface area contributed by atoms with E-state index in [2.05, 4.69) is 230 Å². The average molecular weight is 729 g/mol. The summed E-state index contributed by atoms with van der Waals surface area (Å²) in [6.07, 6.45) is 0. The van der Waals surface area contributed by atoms with E-state index in [4.69, 9.17) is 0 Å². The summed E-state index contributed by atoms with van der Waals surface area (Å²) in [6.45, 7) is 4.71. The number of hydrogen-bond acceptors (Lipinski definition) is 1. The molecule has 1 aliphatic carbocycles. The van der Waals surface area contributed by atoms with Gasteiger partial charge in [-0.15, -0.1) is 0 Å². The zero-order chi connectivity index (χ0) is 38.1. The van der Waals surface area contributed by atoms with Crippen molar-refractivity contribution in [1.82, 2.24) is 4.57 Å². The third-order valence-electron chi connectivity index (χ3n) is 12.2. The van der Waals surface area contributed by atoms with Gasteiger partial charge in [0.15, 0.2) is 0 Å². The van der Waals surface area contributed by atoms with E-state index < -0.39 is 0 Å². The number of nitrogens with zero attached hydrogens (tertiary/aromatic N) is 2. The lowest BCUT2D eigenvalue weighted by molar-refractivity contribution is 0.660. The molecule has 0 saturated heterocycles. The van der Waals surface area contributed by atoms with Gasteiger partial charge in [-0.05, 0) is 111 Å². The Balaban J connectivity index is 1.07. The molecule has 11 rings (SSSR count). The number of para-hydroxylation sites is 2. The molecule has 0 bridgehead atoms. The molecule has 9 aromatic carbocycles. The van der Waals surface area contributed by atoms with E-state index in [9.17, 15) is 0 Å². The number of hydrogen-bond donors (Lipinski definition) is 0. The second-order valence-electron chi connectivity index (χ2n) is 15.7. The maximum Gasteiger partial charge on any atom is 0.0619 e. The van der Waals surface area contributed by atoms with Gasteiger partial charge in [0, 0.05) is 44.3 Å². The summed E-state index contributed by atoms with van der Waals surface area (Å²) in [5, 5.41) is 5.00. The Morgan fingerprint density at radius 1 is 0.368 bits per heavy atom. The maximum absolute atomic E-state index is 2.43. The van der Waals surface area contributed by atoms with E-state index in [0.29, 0.717) is 0 Å². The molecule has 10 aromatic rings. The van der Waals surface area contributed by atoms with E-state index in [0.717, 1.165) is 17.1 Å². The molecule has 0 N–H and O–H groups in total. The van der Waals surface area contributed by atoms with Gasteiger partial charge < -0.3 is 9.47 Å². The van der Waals surface area contributed by atoms with Crippen LogP contribution < -0.4 is 4.90 Å². The van der Waals surface area contributed by atoms with Crippen molar-refractivity contribution in [2.45, 2.75) is 19.3 Å².